The Morgan fingerprint density at radius 2 is 1.86 bits per heavy atom. The van der Waals surface area contributed by atoms with Crippen molar-refractivity contribution in [2.45, 2.75) is 35.8 Å². The summed E-state index contributed by atoms with van der Waals surface area (Å²) in [6.45, 7) is 7.21. The normalized spacial score (nSPS) is 14.8. The number of sulfonamides is 1. The van der Waals surface area contributed by atoms with Gasteiger partial charge in [-0.3, -0.25) is 23.5 Å². The van der Waals surface area contributed by atoms with Crippen LogP contribution in [0.2, 0.25) is 0 Å². The lowest BCUT2D eigenvalue weighted by Gasteiger charge is -2.11. The molecule has 10 nitrogen and oxygen atoms in total. The number of hydrogen-bond acceptors (Lipinski definition) is 6. The Kier molecular flexibility index (Phi) is 5.47. The predicted octanol–water partition coefficient (Wildman–Crippen LogP) is 1.88. The van der Waals surface area contributed by atoms with Crippen LogP contribution in [0.1, 0.15) is 24.0 Å². The molecule has 180 valence electrons. The third-order valence-electron chi connectivity index (χ3n) is 5.75. The van der Waals surface area contributed by atoms with Gasteiger partial charge in [0.15, 0.2) is 0 Å². The number of thiophene rings is 1. The fourth-order valence-electron chi connectivity index (χ4n) is 3.75. The van der Waals surface area contributed by atoms with E-state index >= 15 is 0 Å². The number of benzene rings is 1. The average Bonchev–Trinajstić information content (AvgIpc) is 3.22. The van der Waals surface area contributed by atoms with E-state index in [1.165, 1.54) is 41.1 Å². The summed E-state index contributed by atoms with van der Waals surface area (Å²) in [5.74, 6) is -0.433. The average molecular weight is 515 g/mol. The minimum Gasteiger partial charge on any atom is -0.292 e. The summed E-state index contributed by atoms with van der Waals surface area (Å²) in [7, 11) is -2.38. The van der Waals surface area contributed by atoms with E-state index in [9.17, 15) is 22.4 Å². The Balaban J connectivity index is 1.68. The molecule has 1 fully saturated rings. The van der Waals surface area contributed by atoms with Crippen LogP contribution in [-0.4, -0.2) is 33.0 Å². The topological polar surface area (TPSA) is 112 Å². The van der Waals surface area contributed by atoms with Gasteiger partial charge in [-0.2, -0.15) is 5.10 Å². The molecule has 1 aliphatic carbocycles. The molecule has 4 aromatic rings. The second-order valence-corrected chi connectivity index (χ2v) is 11.4. The minimum atomic E-state index is -4.09. The van der Waals surface area contributed by atoms with E-state index in [0.29, 0.717) is 24.0 Å². The number of halogens is 1. The van der Waals surface area contributed by atoms with Gasteiger partial charge in [-0.05, 0) is 23.8 Å². The molecule has 1 aliphatic rings. The fourth-order valence-corrected chi connectivity index (χ4v) is 6.55. The zero-order valence-corrected chi connectivity index (χ0v) is 20.1. The highest BCUT2D eigenvalue weighted by Crippen LogP contribution is 2.39. The van der Waals surface area contributed by atoms with Gasteiger partial charge in [0.05, 0.1) is 37.5 Å². The highest BCUT2D eigenvalue weighted by atomic mass is 32.2. The maximum Gasteiger partial charge on any atom is 0.332 e. The molecule has 0 unspecified atom stereocenters. The number of aryl methyl sites for hydroxylation is 1. The number of hydrogen-bond donors (Lipinski definition) is 1. The molecule has 1 N–H and O–H groups in total. The van der Waals surface area contributed by atoms with Gasteiger partial charge >= 0.3 is 5.69 Å². The molecule has 1 aromatic carbocycles. The molecule has 0 bridgehead atoms. The molecular formula is C22H19FN6O4S2. The van der Waals surface area contributed by atoms with Crippen molar-refractivity contribution in [1.29, 1.82) is 0 Å². The molecular weight excluding hydrogens is 495 g/mol. The SMILES string of the molecule is [C-]#[N+]C1(NS(=O)(=O)c2cc3c(=O)n(Cc4cnn(C)c4)c(=O)n(Cc4ccc(F)cc4)c3s2)CC1. The van der Waals surface area contributed by atoms with Gasteiger partial charge < -0.3 is 0 Å². The van der Waals surface area contributed by atoms with Gasteiger partial charge in [0, 0.05) is 18.8 Å². The largest absolute Gasteiger partial charge is 0.332 e. The van der Waals surface area contributed by atoms with Crippen molar-refractivity contribution < 1.29 is 12.8 Å². The Morgan fingerprint density at radius 1 is 1.17 bits per heavy atom. The number of nitrogens with zero attached hydrogens (tertiary/aromatic N) is 5. The summed E-state index contributed by atoms with van der Waals surface area (Å²) in [5, 5.41) is 4.13. The van der Waals surface area contributed by atoms with Crippen molar-refractivity contribution in [3.63, 3.8) is 0 Å². The van der Waals surface area contributed by atoms with Crippen LogP contribution in [0.4, 0.5) is 4.39 Å². The number of aromatic nitrogens is 4. The van der Waals surface area contributed by atoms with Crippen molar-refractivity contribution in [3.8, 4) is 0 Å². The van der Waals surface area contributed by atoms with E-state index in [0.717, 1.165) is 15.9 Å². The molecule has 0 atom stereocenters. The van der Waals surface area contributed by atoms with Crippen LogP contribution < -0.4 is 16.0 Å². The maximum atomic E-state index is 13.5. The molecule has 35 heavy (non-hydrogen) atoms. The predicted molar refractivity (Wildman–Crippen MR) is 127 cm³/mol. The summed E-state index contributed by atoms with van der Waals surface area (Å²) in [5.41, 5.74) is -1.19. The van der Waals surface area contributed by atoms with Crippen LogP contribution in [-0.2, 0) is 30.2 Å². The van der Waals surface area contributed by atoms with Gasteiger partial charge in [0.2, 0.25) is 0 Å². The first kappa shape index (κ1) is 23.2. The maximum absolute atomic E-state index is 13.5. The summed E-state index contributed by atoms with van der Waals surface area (Å²) in [6.07, 6.45) is 4.03. The highest BCUT2D eigenvalue weighted by molar-refractivity contribution is 7.91. The lowest BCUT2D eigenvalue weighted by atomic mass is 10.2. The van der Waals surface area contributed by atoms with Crippen molar-refractivity contribution >= 4 is 31.6 Å². The summed E-state index contributed by atoms with van der Waals surface area (Å²) in [4.78, 5) is 30.3. The third-order valence-corrected chi connectivity index (χ3v) is 8.91. The van der Waals surface area contributed by atoms with Gasteiger partial charge in [0.25, 0.3) is 21.2 Å². The first-order chi connectivity index (χ1) is 16.6. The van der Waals surface area contributed by atoms with Crippen LogP contribution in [0.15, 0.2) is 56.5 Å². The lowest BCUT2D eigenvalue weighted by Crippen LogP contribution is -2.40. The van der Waals surface area contributed by atoms with Gasteiger partial charge in [-0.15, -0.1) is 16.1 Å². The molecule has 0 aliphatic heterocycles. The van der Waals surface area contributed by atoms with Gasteiger partial charge in [0.1, 0.15) is 14.9 Å². The van der Waals surface area contributed by atoms with Crippen molar-refractivity contribution in [2.24, 2.45) is 7.05 Å². The summed E-state index contributed by atoms with van der Waals surface area (Å²) < 4.78 is 45.6. The Morgan fingerprint density at radius 3 is 2.46 bits per heavy atom. The van der Waals surface area contributed by atoms with Crippen molar-refractivity contribution in [1.82, 2.24) is 23.6 Å². The second-order valence-electron chi connectivity index (χ2n) is 8.44. The second kappa shape index (κ2) is 8.26. The summed E-state index contributed by atoms with van der Waals surface area (Å²) >= 11 is 0.785. The van der Waals surface area contributed by atoms with E-state index in [-0.39, 0.29) is 27.5 Å². The fraction of sp³-hybridized carbons (Fsp3) is 0.273. The molecule has 0 saturated heterocycles. The zero-order chi connectivity index (χ0) is 25.0. The smallest absolute Gasteiger partial charge is 0.292 e. The number of rotatable bonds is 7. The monoisotopic (exact) mass is 514 g/mol. The number of nitrogens with one attached hydrogen (secondary N) is 1. The van der Waals surface area contributed by atoms with Gasteiger partial charge in [-0.25, -0.2) is 24.2 Å². The standard InChI is InChI=1S/C22H19FN6O4S2/c1-24-22(7-8-22)26-35(32,33)18-9-17-19(30)28(13-15-10-25-27(2)11-15)21(31)29(20(17)34-18)12-14-3-5-16(23)6-4-14/h3-6,9-11,26H,7-8,12-13H2,2H3. The van der Waals surface area contributed by atoms with E-state index in [2.05, 4.69) is 14.7 Å². The van der Waals surface area contributed by atoms with E-state index in [1.54, 1.807) is 17.9 Å². The quantitative estimate of drug-likeness (QED) is 0.379. The number of fused-ring (bicyclic) bond motifs is 1. The molecule has 0 spiro atoms. The Labute approximate surface area is 202 Å². The van der Waals surface area contributed by atoms with E-state index < -0.39 is 32.8 Å². The van der Waals surface area contributed by atoms with Gasteiger partial charge in [-0.1, -0.05) is 12.1 Å². The molecule has 1 saturated carbocycles. The first-order valence-electron chi connectivity index (χ1n) is 10.5. The first-order valence-corrected chi connectivity index (χ1v) is 12.8. The van der Waals surface area contributed by atoms with Crippen LogP contribution in [0, 0.1) is 12.4 Å². The third kappa shape index (κ3) is 4.31. The Bertz CT molecular complexity index is 1720. The molecule has 5 rings (SSSR count). The molecule has 3 heterocycles. The zero-order valence-electron chi connectivity index (χ0n) is 18.4. The lowest BCUT2D eigenvalue weighted by molar-refractivity contribution is 0.571. The molecule has 13 heteroatoms. The van der Waals surface area contributed by atoms with E-state index in [1.807, 2.05) is 0 Å². The van der Waals surface area contributed by atoms with Crippen LogP contribution in [0.25, 0.3) is 15.1 Å². The van der Waals surface area contributed by atoms with E-state index in [4.69, 9.17) is 6.57 Å². The van der Waals surface area contributed by atoms with Crippen LogP contribution in [0.5, 0.6) is 0 Å². The molecule has 0 radical (unpaired) electrons. The van der Waals surface area contributed by atoms with Crippen molar-refractivity contribution in [3.05, 3.63) is 91.9 Å². The Hall–Kier alpha value is -3.60. The van der Waals surface area contributed by atoms with Crippen LogP contribution in [0.3, 0.4) is 0 Å². The molecule has 3 aromatic heterocycles. The highest BCUT2D eigenvalue weighted by Gasteiger charge is 2.54. The summed E-state index contributed by atoms with van der Waals surface area (Å²) in [6, 6.07) is 6.80. The molecule has 0 amide bonds. The van der Waals surface area contributed by atoms with Crippen molar-refractivity contribution in [2.75, 3.05) is 0 Å². The minimum absolute atomic E-state index is 0.00233. The van der Waals surface area contributed by atoms with Crippen LogP contribution >= 0.6 is 11.3 Å².